The minimum absolute atomic E-state index is 0.0448. The number of benzene rings is 1. The van der Waals surface area contributed by atoms with Crippen molar-refractivity contribution in [2.75, 3.05) is 17.2 Å². The number of hydrogen-bond acceptors (Lipinski definition) is 4. The molecule has 1 aromatic carbocycles. The first-order chi connectivity index (χ1) is 8.13. The Morgan fingerprint density at radius 2 is 2.35 bits per heavy atom. The minimum atomic E-state index is -0.107. The van der Waals surface area contributed by atoms with Gasteiger partial charge < -0.3 is 10.6 Å². The Morgan fingerprint density at radius 3 is 3.06 bits per heavy atom. The van der Waals surface area contributed by atoms with E-state index in [9.17, 15) is 4.79 Å². The molecule has 1 aliphatic heterocycles. The fourth-order valence-corrected chi connectivity index (χ4v) is 2.86. The number of nitrogens with zero attached hydrogens (tertiary/aromatic N) is 2. The first-order valence-corrected chi connectivity index (χ1v) is 6.26. The van der Waals surface area contributed by atoms with Crippen LogP contribution < -0.4 is 10.6 Å². The SMILES string of the molecule is CC1Sc2ccc(N)cc2N(CCC#N)C1=O. The van der Waals surface area contributed by atoms with Crippen LogP contribution in [0.4, 0.5) is 11.4 Å². The van der Waals surface area contributed by atoms with Crippen LogP contribution in [-0.4, -0.2) is 17.7 Å². The summed E-state index contributed by atoms with van der Waals surface area (Å²) in [5.41, 5.74) is 7.20. The average Bonchev–Trinajstić information content (AvgIpc) is 2.31. The van der Waals surface area contributed by atoms with E-state index in [1.807, 2.05) is 19.1 Å². The Labute approximate surface area is 104 Å². The van der Waals surface area contributed by atoms with E-state index in [4.69, 9.17) is 11.0 Å². The van der Waals surface area contributed by atoms with Gasteiger partial charge in [-0.25, -0.2) is 0 Å². The Kier molecular flexibility index (Phi) is 3.25. The van der Waals surface area contributed by atoms with Crippen LogP contribution in [0.2, 0.25) is 0 Å². The van der Waals surface area contributed by atoms with Gasteiger partial charge in [-0.05, 0) is 25.1 Å². The van der Waals surface area contributed by atoms with E-state index in [0.717, 1.165) is 10.6 Å². The Balaban J connectivity index is 2.40. The predicted molar refractivity (Wildman–Crippen MR) is 68.8 cm³/mol. The molecule has 1 aliphatic rings. The lowest BCUT2D eigenvalue weighted by molar-refractivity contribution is -0.118. The van der Waals surface area contributed by atoms with Crippen LogP contribution in [0.5, 0.6) is 0 Å². The molecular formula is C12H13N3OS. The van der Waals surface area contributed by atoms with Gasteiger partial charge >= 0.3 is 0 Å². The molecule has 4 nitrogen and oxygen atoms in total. The van der Waals surface area contributed by atoms with Gasteiger partial charge in [-0.2, -0.15) is 5.26 Å². The van der Waals surface area contributed by atoms with E-state index in [1.54, 1.807) is 11.0 Å². The first-order valence-electron chi connectivity index (χ1n) is 5.38. The van der Waals surface area contributed by atoms with E-state index in [1.165, 1.54) is 11.8 Å². The zero-order chi connectivity index (χ0) is 12.4. The summed E-state index contributed by atoms with van der Waals surface area (Å²) in [4.78, 5) is 14.8. The number of anilines is 2. The Morgan fingerprint density at radius 1 is 1.59 bits per heavy atom. The van der Waals surface area contributed by atoms with Crippen LogP contribution in [0.1, 0.15) is 13.3 Å². The number of thioether (sulfide) groups is 1. The van der Waals surface area contributed by atoms with Gasteiger partial charge in [-0.1, -0.05) is 0 Å². The van der Waals surface area contributed by atoms with E-state index < -0.39 is 0 Å². The second-order valence-corrected chi connectivity index (χ2v) is 5.27. The highest BCUT2D eigenvalue weighted by atomic mass is 32.2. The summed E-state index contributed by atoms with van der Waals surface area (Å²) in [7, 11) is 0. The van der Waals surface area contributed by atoms with Crippen molar-refractivity contribution in [1.82, 2.24) is 0 Å². The maximum absolute atomic E-state index is 12.1. The molecule has 1 unspecified atom stereocenters. The molecule has 0 saturated carbocycles. The molecule has 1 atom stereocenters. The van der Waals surface area contributed by atoms with E-state index in [2.05, 4.69) is 6.07 Å². The highest BCUT2D eigenvalue weighted by Gasteiger charge is 2.30. The zero-order valence-corrected chi connectivity index (χ0v) is 10.3. The summed E-state index contributed by atoms with van der Waals surface area (Å²) in [6, 6.07) is 7.62. The average molecular weight is 247 g/mol. The molecule has 2 N–H and O–H groups in total. The summed E-state index contributed by atoms with van der Waals surface area (Å²) in [6.45, 7) is 2.31. The highest BCUT2D eigenvalue weighted by molar-refractivity contribution is 8.00. The molecule has 1 amide bonds. The Hall–Kier alpha value is -1.67. The third kappa shape index (κ3) is 2.22. The van der Waals surface area contributed by atoms with Crippen molar-refractivity contribution in [3.63, 3.8) is 0 Å². The summed E-state index contributed by atoms with van der Waals surface area (Å²) < 4.78 is 0. The van der Waals surface area contributed by atoms with Crippen LogP contribution in [0.15, 0.2) is 23.1 Å². The van der Waals surface area contributed by atoms with E-state index in [0.29, 0.717) is 18.7 Å². The molecule has 2 rings (SSSR count). The topological polar surface area (TPSA) is 70.1 Å². The highest BCUT2D eigenvalue weighted by Crippen LogP contribution is 2.40. The molecule has 0 spiro atoms. The van der Waals surface area contributed by atoms with E-state index in [-0.39, 0.29) is 11.2 Å². The third-order valence-corrected chi connectivity index (χ3v) is 3.79. The number of amides is 1. The van der Waals surface area contributed by atoms with E-state index >= 15 is 0 Å². The summed E-state index contributed by atoms with van der Waals surface area (Å²) >= 11 is 1.54. The van der Waals surface area contributed by atoms with Gasteiger partial charge in [-0.15, -0.1) is 11.8 Å². The zero-order valence-electron chi connectivity index (χ0n) is 9.51. The molecule has 0 aliphatic carbocycles. The lowest BCUT2D eigenvalue weighted by atomic mass is 10.2. The normalized spacial score (nSPS) is 18.7. The van der Waals surface area contributed by atoms with Gasteiger partial charge in [0.1, 0.15) is 0 Å². The van der Waals surface area contributed by atoms with Crippen molar-refractivity contribution in [2.24, 2.45) is 0 Å². The van der Waals surface area contributed by atoms with Crippen molar-refractivity contribution in [1.29, 1.82) is 5.26 Å². The van der Waals surface area contributed by atoms with Crippen LogP contribution in [0, 0.1) is 11.3 Å². The predicted octanol–water partition coefficient (Wildman–Crippen LogP) is 2.01. The second-order valence-electron chi connectivity index (χ2n) is 3.89. The molecule has 5 heteroatoms. The molecule has 1 aromatic rings. The molecule has 1 heterocycles. The number of rotatable bonds is 2. The van der Waals surface area contributed by atoms with Crippen molar-refractivity contribution in [3.8, 4) is 6.07 Å². The number of carbonyl (C=O) groups is 1. The van der Waals surface area contributed by atoms with Gasteiger partial charge in [0.05, 0.1) is 23.4 Å². The standard InChI is InChI=1S/C12H13N3OS/c1-8-12(16)15(6-2-5-13)10-7-9(14)3-4-11(10)17-8/h3-4,7-8H,2,6,14H2,1H3. The molecular weight excluding hydrogens is 234 g/mol. The smallest absolute Gasteiger partial charge is 0.240 e. The van der Waals surface area contributed by atoms with Crippen molar-refractivity contribution in [2.45, 2.75) is 23.5 Å². The maximum Gasteiger partial charge on any atom is 0.240 e. The Bertz CT molecular complexity index is 495. The lowest BCUT2D eigenvalue weighted by Gasteiger charge is -2.32. The van der Waals surface area contributed by atoms with Crippen LogP contribution in [0.3, 0.4) is 0 Å². The molecule has 17 heavy (non-hydrogen) atoms. The number of carbonyl (C=O) groups excluding carboxylic acids is 1. The lowest BCUT2D eigenvalue weighted by Crippen LogP contribution is -2.40. The van der Waals surface area contributed by atoms with Gasteiger partial charge in [0.15, 0.2) is 0 Å². The molecule has 88 valence electrons. The summed E-state index contributed by atoms with van der Waals surface area (Å²) in [5, 5.41) is 8.53. The summed E-state index contributed by atoms with van der Waals surface area (Å²) in [5.74, 6) is 0.0448. The first kappa shape index (κ1) is 11.8. The van der Waals surface area contributed by atoms with Crippen molar-refractivity contribution in [3.05, 3.63) is 18.2 Å². The van der Waals surface area contributed by atoms with Crippen LogP contribution in [-0.2, 0) is 4.79 Å². The second kappa shape index (κ2) is 4.68. The maximum atomic E-state index is 12.1. The molecule has 0 aromatic heterocycles. The quantitative estimate of drug-likeness (QED) is 0.811. The van der Waals surface area contributed by atoms with Crippen molar-refractivity contribution < 1.29 is 4.79 Å². The van der Waals surface area contributed by atoms with Gasteiger partial charge in [0, 0.05) is 17.1 Å². The monoisotopic (exact) mass is 247 g/mol. The fourth-order valence-electron chi connectivity index (χ4n) is 1.82. The molecule has 0 radical (unpaired) electrons. The number of nitriles is 1. The molecule has 0 fully saturated rings. The molecule has 0 saturated heterocycles. The molecule has 0 bridgehead atoms. The largest absolute Gasteiger partial charge is 0.399 e. The number of nitrogens with two attached hydrogens (primary N) is 1. The summed E-state index contributed by atoms with van der Waals surface area (Å²) in [6.07, 6.45) is 0.331. The van der Waals surface area contributed by atoms with Crippen LogP contribution in [0.25, 0.3) is 0 Å². The number of hydrogen-bond donors (Lipinski definition) is 1. The minimum Gasteiger partial charge on any atom is -0.399 e. The van der Waals surface area contributed by atoms with Gasteiger partial charge in [-0.3, -0.25) is 4.79 Å². The fraction of sp³-hybridized carbons (Fsp3) is 0.333. The number of nitrogen functional groups attached to an aromatic ring is 1. The number of fused-ring (bicyclic) bond motifs is 1. The third-order valence-electron chi connectivity index (χ3n) is 2.64. The van der Waals surface area contributed by atoms with Crippen molar-refractivity contribution >= 4 is 29.0 Å². The van der Waals surface area contributed by atoms with Crippen LogP contribution >= 0.6 is 11.8 Å². The van der Waals surface area contributed by atoms with Gasteiger partial charge in [0.2, 0.25) is 5.91 Å². The van der Waals surface area contributed by atoms with Gasteiger partial charge in [0.25, 0.3) is 0 Å².